The summed E-state index contributed by atoms with van der Waals surface area (Å²) in [5, 5.41) is 8.36. The van der Waals surface area contributed by atoms with Gasteiger partial charge in [-0.3, -0.25) is 0 Å². The lowest BCUT2D eigenvalue weighted by Crippen LogP contribution is -2.10. The number of rotatable bonds is 4. The average Bonchev–Trinajstić information content (AvgIpc) is 2.47. The minimum atomic E-state index is -0.969. The fourth-order valence-electron chi connectivity index (χ4n) is 0.932. The number of hydrogen-bond donors (Lipinski definition) is 2. The zero-order valence-electron chi connectivity index (χ0n) is 7.57. The van der Waals surface area contributed by atoms with Gasteiger partial charge in [-0.1, -0.05) is 0 Å². The van der Waals surface area contributed by atoms with Crippen LogP contribution in [0.25, 0.3) is 0 Å². The molecule has 5 nitrogen and oxygen atoms in total. The molecule has 0 fully saturated rings. The summed E-state index contributed by atoms with van der Waals surface area (Å²) in [6.07, 6.45) is 1.37. The molecule has 1 aromatic heterocycles. The number of ether oxygens (including phenoxy) is 1. The number of carboxylic acids is 1. The standard InChI is InChI=1S/C8H12N2O3/c1-5(13-4-8(11)12)7-3-9-6(2)10-7/h3,5H,4H2,1-2H3,(H,9,10)(H,11,12). The van der Waals surface area contributed by atoms with Gasteiger partial charge in [0.15, 0.2) is 0 Å². The van der Waals surface area contributed by atoms with Crippen molar-refractivity contribution in [3.05, 3.63) is 17.7 Å². The molecule has 0 aliphatic heterocycles. The van der Waals surface area contributed by atoms with Gasteiger partial charge >= 0.3 is 5.97 Å². The highest BCUT2D eigenvalue weighted by molar-refractivity contribution is 5.68. The van der Waals surface area contributed by atoms with Crippen LogP contribution in [0.3, 0.4) is 0 Å². The highest BCUT2D eigenvalue weighted by atomic mass is 16.5. The summed E-state index contributed by atoms with van der Waals surface area (Å²) in [7, 11) is 0. The molecule has 1 atom stereocenters. The quantitative estimate of drug-likeness (QED) is 0.728. The van der Waals surface area contributed by atoms with Crippen LogP contribution in [0.2, 0.25) is 0 Å². The second kappa shape index (κ2) is 4.04. The van der Waals surface area contributed by atoms with Crippen molar-refractivity contribution >= 4 is 5.97 Å². The monoisotopic (exact) mass is 184 g/mol. The van der Waals surface area contributed by atoms with E-state index in [9.17, 15) is 4.79 Å². The molecule has 0 aliphatic rings. The van der Waals surface area contributed by atoms with E-state index in [-0.39, 0.29) is 12.7 Å². The van der Waals surface area contributed by atoms with Crippen LogP contribution >= 0.6 is 0 Å². The second-order valence-electron chi connectivity index (χ2n) is 2.77. The Hall–Kier alpha value is -1.36. The predicted octanol–water partition coefficient (Wildman–Crippen LogP) is 0.880. The predicted molar refractivity (Wildman–Crippen MR) is 45.3 cm³/mol. The fraction of sp³-hybridized carbons (Fsp3) is 0.500. The highest BCUT2D eigenvalue weighted by Crippen LogP contribution is 2.13. The van der Waals surface area contributed by atoms with Crippen LogP contribution in [0.15, 0.2) is 6.20 Å². The van der Waals surface area contributed by atoms with Gasteiger partial charge in [0, 0.05) is 0 Å². The van der Waals surface area contributed by atoms with E-state index in [0.29, 0.717) is 0 Å². The second-order valence-corrected chi connectivity index (χ2v) is 2.77. The van der Waals surface area contributed by atoms with Gasteiger partial charge in [-0.2, -0.15) is 0 Å². The van der Waals surface area contributed by atoms with E-state index in [1.54, 1.807) is 13.1 Å². The van der Waals surface area contributed by atoms with Crippen LogP contribution in [0.4, 0.5) is 0 Å². The van der Waals surface area contributed by atoms with Gasteiger partial charge in [0.2, 0.25) is 0 Å². The number of hydrogen-bond acceptors (Lipinski definition) is 3. The minimum absolute atomic E-state index is 0.266. The zero-order valence-corrected chi connectivity index (χ0v) is 7.57. The number of nitrogens with one attached hydrogen (secondary N) is 1. The van der Waals surface area contributed by atoms with Crippen molar-refractivity contribution in [2.24, 2.45) is 0 Å². The van der Waals surface area contributed by atoms with Crippen molar-refractivity contribution in [2.45, 2.75) is 20.0 Å². The first-order chi connectivity index (χ1) is 6.09. The maximum Gasteiger partial charge on any atom is 0.329 e. The fourth-order valence-corrected chi connectivity index (χ4v) is 0.932. The molecule has 0 saturated carbocycles. The molecule has 0 amide bonds. The summed E-state index contributed by atoms with van der Waals surface area (Å²) >= 11 is 0. The number of aromatic amines is 1. The normalized spacial score (nSPS) is 12.8. The Morgan fingerprint density at radius 1 is 1.85 bits per heavy atom. The van der Waals surface area contributed by atoms with Crippen molar-refractivity contribution < 1.29 is 14.6 Å². The summed E-state index contributed by atoms with van der Waals surface area (Å²) in [6.45, 7) is 3.31. The van der Waals surface area contributed by atoms with E-state index in [1.165, 1.54) is 0 Å². The molecule has 0 bridgehead atoms. The van der Waals surface area contributed by atoms with Gasteiger partial charge in [-0.15, -0.1) is 0 Å². The summed E-state index contributed by atoms with van der Waals surface area (Å²) in [6, 6.07) is 0. The number of aromatic nitrogens is 2. The van der Waals surface area contributed by atoms with Crippen molar-refractivity contribution in [3.63, 3.8) is 0 Å². The number of carbonyl (C=O) groups is 1. The van der Waals surface area contributed by atoms with Crippen molar-refractivity contribution in [1.82, 2.24) is 9.97 Å². The molecule has 1 rings (SSSR count). The van der Waals surface area contributed by atoms with E-state index in [2.05, 4.69) is 9.97 Å². The average molecular weight is 184 g/mol. The Balaban J connectivity index is 2.48. The first kappa shape index (κ1) is 9.73. The molecule has 1 unspecified atom stereocenters. The van der Waals surface area contributed by atoms with Crippen LogP contribution in [0.1, 0.15) is 24.5 Å². The minimum Gasteiger partial charge on any atom is -0.480 e. The Labute approximate surface area is 75.8 Å². The Morgan fingerprint density at radius 2 is 2.54 bits per heavy atom. The molecule has 0 aliphatic carbocycles. The first-order valence-corrected chi connectivity index (χ1v) is 3.94. The molecule has 13 heavy (non-hydrogen) atoms. The van der Waals surface area contributed by atoms with Crippen LogP contribution in [0, 0.1) is 6.92 Å². The third-order valence-corrected chi connectivity index (χ3v) is 1.62. The van der Waals surface area contributed by atoms with E-state index in [4.69, 9.17) is 9.84 Å². The van der Waals surface area contributed by atoms with Gasteiger partial charge in [0.05, 0.1) is 18.0 Å². The molecular weight excluding hydrogens is 172 g/mol. The van der Waals surface area contributed by atoms with Gasteiger partial charge < -0.3 is 14.8 Å². The van der Waals surface area contributed by atoms with E-state index in [0.717, 1.165) is 11.5 Å². The number of nitrogens with zero attached hydrogens (tertiary/aromatic N) is 1. The van der Waals surface area contributed by atoms with E-state index in [1.807, 2.05) is 6.92 Å². The summed E-state index contributed by atoms with van der Waals surface area (Å²) < 4.78 is 5.03. The van der Waals surface area contributed by atoms with E-state index >= 15 is 0 Å². The Morgan fingerprint density at radius 3 is 3.00 bits per heavy atom. The van der Waals surface area contributed by atoms with Crippen LogP contribution in [0.5, 0.6) is 0 Å². The van der Waals surface area contributed by atoms with E-state index < -0.39 is 5.97 Å². The topological polar surface area (TPSA) is 75.2 Å². The molecule has 0 radical (unpaired) electrons. The van der Waals surface area contributed by atoms with Gasteiger partial charge in [-0.25, -0.2) is 9.78 Å². The van der Waals surface area contributed by atoms with Crippen molar-refractivity contribution in [1.29, 1.82) is 0 Å². The molecule has 0 saturated heterocycles. The SMILES string of the molecule is Cc1ncc(C(C)OCC(=O)O)[nH]1. The maximum absolute atomic E-state index is 10.2. The first-order valence-electron chi connectivity index (χ1n) is 3.94. The molecule has 0 aromatic carbocycles. The summed E-state index contributed by atoms with van der Waals surface area (Å²) in [4.78, 5) is 17.1. The van der Waals surface area contributed by atoms with Gasteiger partial charge in [-0.05, 0) is 13.8 Å². The molecule has 1 aromatic rings. The molecule has 72 valence electrons. The maximum atomic E-state index is 10.2. The van der Waals surface area contributed by atoms with Crippen molar-refractivity contribution in [3.8, 4) is 0 Å². The number of aliphatic carboxylic acids is 1. The molecule has 5 heteroatoms. The lowest BCUT2D eigenvalue weighted by molar-refractivity contribution is -0.144. The van der Waals surface area contributed by atoms with Gasteiger partial charge in [0.25, 0.3) is 0 Å². The summed E-state index contributed by atoms with van der Waals surface area (Å²) in [5.74, 6) is -0.177. The lowest BCUT2D eigenvalue weighted by atomic mass is 10.3. The number of carboxylic acid groups (broad SMARTS) is 1. The summed E-state index contributed by atoms with van der Waals surface area (Å²) in [5.41, 5.74) is 0.791. The van der Waals surface area contributed by atoms with Crippen LogP contribution in [-0.2, 0) is 9.53 Å². The third-order valence-electron chi connectivity index (χ3n) is 1.62. The number of H-pyrrole nitrogens is 1. The highest BCUT2D eigenvalue weighted by Gasteiger charge is 2.09. The Bertz CT molecular complexity index is 295. The molecular formula is C8H12N2O3. The van der Waals surface area contributed by atoms with Crippen LogP contribution in [-0.4, -0.2) is 27.7 Å². The largest absolute Gasteiger partial charge is 0.480 e. The molecule has 2 N–H and O–H groups in total. The van der Waals surface area contributed by atoms with Gasteiger partial charge in [0.1, 0.15) is 12.4 Å². The smallest absolute Gasteiger partial charge is 0.329 e. The molecule has 0 spiro atoms. The number of imidazole rings is 1. The zero-order chi connectivity index (χ0) is 9.84. The third kappa shape index (κ3) is 2.87. The Kier molecular flexibility index (Phi) is 3.02. The van der Waals surface area contributed by atoms with Crippen molar-refractivity contribution in [2.75, 3.05) is 6.61 Å². The number of aryl methyl sites for hydroxylation is 1. The van der Waals surface area contributed by atoms with Crippen LogP contribution < -0.4 is 0 Å². The molecule has 1 heterocycles. The lowest BCUT2D eigenvalue weighted by Gasteiger charge is -2.08.